The summed E-state index contributed by atoms with van der Waals surface area (Å²) < 4.78 is 6.21. The maximum atomic E-state index is 10.9. The minimum Gasteiger partial charge on any atom is -0.428 e. The van der Waals surface area contributed by atoms with Crippen molar-refractivity contribution < 1.29 is 14.5 Å². The van der Waals surface area contributed by atoms with E-state index in [0.29, 0.717) is 25.1 Å². The minimum absolute atomic E-state index is 0.0779. The Hall–Kier alpha value is -18.8. The fourth-order valence-corrected chi connectivity index (χ4v) is 21.8. The van der Waals surface area contributed by atoms with Crippen LogP contribution in [0.15, 0.2) is 400 Å². The van der Waals surface area contributed by atoms with Crippen LogP contribution in [0, 0.1) is 24.0 Å². The molecule has 12 aromatic carbocycles. The van der Waals surface area contributed by atoms with Crippen molar-refractivity contribution in [3.05, 3.63) is 463 Å². The molecule has 30 rings (SSSR count). The second kappa shape index (κ2) is 38.5. The zero-order chi connectivity index (χ0) is 99.6. The summed E-state index contributed by atoms with van der Waals surface area (Å²) >= 11 is 10.0. The van der Waals surface area contributed by atoms with E-state index in [2.05, 4.69) is 205 Å². The molecule has 0 fully saturated rings. The molecule has 0 amide bonds. The van der Waals surface area contributed by atoms with Crippen molar-refractivity contribution in [2.45, 2.75) is 52.4 Å². The Morgan fingerprint density at radius 3 is 0.878 bits per heavy atom. The zero-order valence-corrected chi connectivity index (χ0v) is 81.7. The van der Waals surface area contributed by atoms with Crippen molar-refractivity contribution in [1.82, 2.24) is 59.8 Å². The van der Waals surface area contributed by atoms with Crippen LogP contribution in [0.2, 0.25) is 5.02 Å². The predicted octanol–water partition coefficient (Wildman–Crippen LogP) is 28.2. The van der Waals surface area contributed by atoms with E-state index in [4.69, 9.17) is 46.3 Å². The van der Waals surface area contributed by atoms with E-state index >= 15 is 0 Å². The molecule has 0 radical (unpaired) electrons. The van der Waals surface area contributed by atoms with Gasteiger partial charge in [0, 0.05) is 216 Å². The van der Waals surface area contributed by atoms with Crippen LogP contribution >= 0.6 is 27.5 Å². The van der Waals surface area contributed by atoms with Crippen molar-refractivity contribution in [1.29, 1.82) is 0 Å². The van der Waals surface area contributed by atoms with Gasteiger partial charge in [0.25, 0.3) is 12.2 Å². The van der Waals surface area contributed by atoms with E-state index in [1.807, 2.05) is 189 Å². The monoisotopic (exact) mass is 2000 g/mol. The number of carbonyl (C=O) groups excluding carboxylic acids is 1. The van der Waals surface area contributed by atoms with Gasteiger partial charge in [-0.3, -0.25) is 105 Å². The van der Waals surface area contributed by atoms with Crippen molar-refractivity contribution in [3.8, 4) is 5.75 Å². The number of carbonyl (C=O) groups is 1. The second-order valence-electron chi connectivity index (χ2n) is 36.3. The van der Waals surface area contributed by atoms with E-state index in [1.54, 1.807) is 49.2 Å². The maximum absolute atomic E-state index is 10.9. The third-order valence-corrected chi connectivity index (χ3v) is 28.8. The van der Waals surface area contributed by atoms with E-state index in [1.165, 1.54) is 56.6 Å². The van der Waals surface area contributed by atoms with Crippen molar-refractivity contribution >= 4 is 239 Å². The average molecular weight is 2000 g/mol. The molecule has 704 valence electrons. The van der Waals surface area contributed by atoms with E-state index in [9.17, 15) is 14.9 Å². The summed E-state index contributed by atoms with van der Waals surface area (Å²) in [5.74, 6) is 0.513. The molecular weight excluding hydrogens is 1920 g/mol. The standard InChI is InChI=1S/C21H13N3O2.2C21H15N3.C20H12BrN3.C20H12ClN3.C20H12N4O2/c25-12-26-18-8-2-1-5-14(18)17-11-16-13-6-3-9-22-20(13)21-15(19(16)24-17)7-4-10-23-21;1-13-5-2-6-14(11-13)18-12-17-15-7-3-9-22-20(15)21-16(19(17)24-18)8-4-10-23-21;1-13-6-2-3-7-14(13)18-12-17-15-8-4-10-22-20(15)21-16(19(17)24-18)9-5-11-23-21;2*21-16-8-2-1-5-13(16)17-11-15-12-6-3-9-22-19(12)20-14(18(15)24-17)7-4-10-23-20;25-24(26)13-7-5-12(6-8-13)17-11-16-14-3-1-9-21-19(14)20-15(18(16)23-17)4-2-10-22-20/h1-10,12H,11H2;2*2-11H,12H2,1H3;2*1-10H,11H2;1-10H,11H2. The molecule has 25 heteroatoms. The first-order valence-electron chi connectivity index (χ1n) is 48.3. The number of fused-ring (bicyclic) bond motifs is 36. The van der Waals surface area contributed by atoms with Crippen LogP contribution in [-0.2, 0) is 43.3 Å². The molecule has 23 nitrogen and oxygen atoms in total. The number of aryl methyl sites for hydroxylation is 2. The second-order valence-corrected chi connectivity index (χ2v) is 37.6. The molecule has 0 saturated carbocycles. The quantitative estimate of drug-likeness (QED) is 0.0561. The highest BCUT2D eigenvalue weighted by molar-refractivity contribution is 9.10. The Kier molecular flexibility index (Phi) is 23.5. The molecule has 148 heavy (non-hydrogen) atoms. The van der Waals surface area contributed by atoms with E-state index in [-0.39, 0.29) is 5.69 Å². The molecule has 18 heterocycles. The summed E-state index contributed by atoms with van der Waals surface area (Å²) in [6.45, 7) is 4.70. The van der Waals surface area contributed by atoms with Crippen LogP contribution in [0.5, 0.6) is 5.75 Å². The summed E-state index contributed by atoms with van der Waals surface area (Å²) in [5, 5.41) is 24.5. The molecule has 0 atom stereocenters. The summed E-state index contributed by atoms with van der Waals surface area (Å²) in [5.41, 5.74) is 39.1. The number of nitrogens with zero attached hydrogens (tertiary/aromatic N) is 19. The maximum Gasteiger partial charge on any atom is 0.298 e. The zero-order valence-electron chi connectivity index (χ0n) is 79.3. The minimum atomic E-state index is -0.395. The van der Waals surface area contributed by atoms with Crippen LogP contribution in [0.25, 0.3) is 131 Å². The van der Waals surface area contributed by atoms with Crippen molar-refractivity contribution in [2.24, 2.45) is 30.0 Å². The third-order valence-electron chi connectivity index (χ3n) is 27.7. The van der Waals surface area contributed by atoms with Gasteiger partial charge in [-0.2, -0.15) is 0 Å². The molecule has 6 aliphatic heterocycles. The van der Waals surface area contributed by atoms with Gasteiger partial charge in [0.1, 0.15) is 5.75 Å². The highest BCUT2D eigenvalue weighted by Gasteiger charge is 2.32. The fraction of sp³-hybridized carbons (Fsp3) is 0.0650. The van der Waals surface area contributed by atoms with Gasteiger partial charge >= 0.3 is 0 Å². The SMILES string of the molecule is Brc1ccccc1C1=Nc2c(c3cccnc3c3ncccc23)C1.Cc1cccc(C2=Nc3c(c4cccnc4c4ncccc34)C2)c1.Cc1ccccc1C1=Nc2c(c3cccnc3c3ncccc23)C1.Clc1ccccc1C1=Nc2c(c3cccnc3c3ncccc23)C1.O=COc1ccccc1C1=Nc2c(c3cccnc3c3ncccc23)C1.O=[N+]([O-])c1ccc(C2=Nc3c(c4cccnc4c4ncccc34)C2)cc1. The number of non-ortho nitro benzene ring substituents is 1. The number of hydrogen-bond acceptors (Lipinski definition) is 22. The van der Waals surface area contributed by atoms with Gasteiger partial charge in [-0.25, -0.2) is 0 Å². The summed E-state index contributed by atoms with van der Waals surface area (Å²) in [6.07, 6.45) is 26.2. The number of ether oxygens (including phenoxy) is 1. The largest absolute Gasteiger partial charge is 0.428 e. The van der Waals surface area contributed by atoms with Crippen LogP contribution in [0.3, 0.4) is 0 Å². The normalized spacial score (nSPS) is 13.2. The number of aliphatic imine (C=N–C) groups is 6. The highest BCUT2D eigenvalue weighted by Crippen LogP contribution is 2.50. The lowest BCUT2D eigenvalue weighted by atomic mass is 9.96. The Morgan fingerprint density at radius 1 is 0.277 bits per heavy atom. The molecule has 6 aliphatic rings. The smallest absolute Gasteiger partial charge is 0.298 e. The molecule has 0 N–H and O–H groups in total. The summed E-state index contributed by atoms with van der Waals surface area (Å²) in [4.78, 5) is 106. The Balaban J connectivity index is 0.0000000923. The molecule has 0 saturated heterocycles. The number of rotatable bonds is 9. The van der Waals surface area contributed by atoms with Gasteiger partial charge in [-0.1, -0.05) is 167 Å². The molecule has 0 bridgehead atoms. The Bertz CT molecular complexity index is 9510. The van der Waals surface area contributed by atoms with Gasteiger partial charge in [-0.15, -0.1) is 0 Å². The molecule has 0 spiro atoms. The van der Waals surface area contributed by atoms with Gasteiger partial charge < -0.3 is 4.74 Å². The van der Waals surface area contributed by atoms with Crippen molar-refractivity contribution in [2.75, 3.05) is 0 Å². The van der Waals surface area contributed by atoms with Gasteiger partial charge in [0.2, 0.25) is 0 Å². The number of nitro groups is 1. The number of halogens is 2. The van der Waals surface area contributed by atoms with Gasteiger partial charge in [0.15, 0.2) is 0 Å². The van der Waals surface area contributed by atoms with Gasteiger partial charge in [0.05, 0.1) is 140 Å². The van der Waals surface area contributed by atoms with Gasteiger partial charge in [-0.05, 0) is 215 Å². The predicted molar refractivity (Wildman–Crippen MR) is 596 cm³/mol. The number of aromatic nitrogens is 12. The van der Waals surface area contributed by atoms with Crippen LogP contribution in [-0.4, -0.2) is 105 Å². The lowest BCUT2D eigenvalue weighted by Gasteiger charge is -2.08. The van der Waals surface area contributed by atoms with E-state index < -0.39 is 4.92 Å². The average Bonchev–Trinajstić information content (AvgIpc) is 1.58. The van der Waals surface area contributed by atoms with Crippen LogP contribution in [0.1, 0.15) is 77.9 Å². The lowest BCUT2D eigenvalue weighted by molar-refractivity contribution is -0.384. The first-order valence-corrected chi connectivity index (χ1v) is 49.4. The summed E-state index contributed by atoms with van der Waals surface area (Å²) in [7, 11) is 0. The number of pyridine rings is 12. The Morgan fingerprint density at radius 2 is 0.547 bits per heavy atom. The Labute approximate surface area is 858 Å². The molecule has 0 aliphatic carbocycles. The fourth-order valence-electron chi connectivity index (χ4n) is 21.1. The highest BCUT2D eigenvalue weighted by atomic mass is 79.9. The number of para-hydroxylation sites is 1. The van der Waals surface area contributed by atoms with Crippen LogP contribution < -0.4 is 4.74 Å². The molecule has 24 aromatic rings. The molecule has 12 aromatic heterocycles. The first-order chi connectivity index (χ1) is 72.9. The topological polar surface area (TPSA) is 298 Å². The lowest BCUT2D eigenvalue weighted by Crippen LogP contribution is -2.04. The molecular formula is C123H79BrClN19O4. The molecule has 0 unspecified atom stereocenters. The first kappa shape index (κ1) is 90.5. The number of nitro benzene ring substituents is 1. The van der Waals surface area contributed by atoms with Crippen molar-refractivity contribution in [3.63, 3.8) is 0 Å². The number of benzene rings is 12. The van der Waals surface area contributed by atoms with Crippen LogP contribution in [0.4, 0.5) is 39.8 Å². The third kappa shape index (κ3) is 16.3. The van der Waals surface area contributed by atoms with E-state index in [0.717, 1.165) is 268 Å². The number of hydrogen-bond donors (Lipinski definition) is 0. The summed E-state index contributed by atoms with van der Waals surface area (Å²) in [6, 6.07) is 95.4.